The van der Waals surface area contributed by atoms with Gasteiger partial charge in [0.05, 0.1) is 18.1 Å². The molecule has 2 aromatic carbocycles. The maximum absolute atomic E-state index is 12.1. The number of aromatic hydroxyl groups is 3. The van der Waals surface area contributed by atoms with E-state index < -0.39 is 23.9 Å². The smallest absolute Gasteiger partial charge is 0.313 e. The Morgan fingerprint density at radius 2 is 1.70 bits per heavy atom. The van der Waals surface area contributed by atoms with E-state index in [-0.39, 0.29) is 22.4 Å². The fraction of sp³-hybridized carbons (Fsp3) is 0.294. The predicted molar refractivity (Wildman–Crippen MR) is 86.0 cm³/mol. The number of phenolic OH excluding ortho intramolecular Hbond substituents is 3. The molecule has 0 aliphatic heterocycles. The van der Waals surface area contributed by atoms with E-state index in [9.17, 15) is 24.9 Å². The van der Waals surface area contributed by atoms with Crippen LogP contribution < -0.4 is 0 Å². The van der Waals surface area contributed by atoms with Gasteiger partial charge in [-0.25, -0.2) is 0 Å². The lowest BCUT2D eigenvalue weighted by Crippen LogP contribution is -2.11. The molecule has 0 fully saturated rings. The summed E-state index contributed by atoms with van der Waals surface area (Å²) in [5, 5.41) is 30.0. The summed E-state index contributed by atoms with van der Waals surface area (Å²) in [6, 6.07) is 3.96. The highest BCUT2D eigenvalue weighted by Crippen LogP contribution is 2.40. The van der Waals surface area contributed by atoms with Crippen LogP contribution in [0, 0.1) is 6.92 Å². The van der Waals surface area contributed by atoms with Crippen LogP contribution >= 0.6 is 0 Å². The van der Waals surface area contributed by atoms with E-state index in [1.807, 2.05) is 13.8 Å². The van der Waals surface area contributed by atoms with Crippen LogP contribution in [0.4, 0.5) is 0 Å². The van der Waals surface area contributed by atoms with Crippen LogP contribution in [0.1, 0.15) is 36.2 Å². The van der Waals surface area contributed by atoms with Gasteiger partial charge >= 0.3 is 5.97 Å². The average Bonchev–Trinajstić information content (AvgIpc) is 2.47. The van der Waals surface area contributed by atoms with Crippen molar-refractivity contribution in [2.24, 2.45) is 0 Å². The highest BCUT2D eigenvalue weighted by Gasteiger charge is 2.22. The van der Waals surface area contributed by atoms with Gasteiger partial charge in [-0.1, -0.05) is 19.9 Å². The summed E-state index contributed by atoms with van der Waals surface area (Å²) >= 11 is 0. The molecule has 23 heavy (non-hydrogen) atoms. The van der Waals surface area contributed by atoms with Gasteiger partial charge in [-0.2, -0.15) is 0 Å². The average molecular weight is 320 g/mol. The van der Waals surface area contributed by atoms with Gasteiger partial charge in [0.25, 0.3) is 0 Å². The van der Waals surface area contributed by atoms with E-state index in [0.29, 0.717) is 10.9 Å². The molecular weight excluding hydrogens is 300 g/mol. The number of phenols is 3. The molecular formula is C17H20O6. The third-order valence-corrected chi connectivity index (χ3v) is 3.18. The predicted octanol–water partition coefficient (Wildman–Crippen LogP) is 3.04. The van der Waals surface area contributed by atoms with Gasteiger partial charge in [-0.3, -0.25) is 9.59 Å². The van der Waals surface area contributed by atoms with Gasteiger partial charge in [-0.05, 0) is 23.9 Å². The van der Waals surface area contributed by atoms with Crippen molar-refractivity contribution in [1.82, 2.24) is 0 Å². The largest absolute Gasteiger partial charge is 0.508 e. The number of esters is 1. The molecule has 0 saturated heterocycles. The minimum Gasteiger partial charge on any atom is -0.508 e. The SMILES string of the molecule is CC.COC(=O)CC(=O)c1c(C)cc2cc(O)cc(O)c2c1O. The molecule has 0 radical (unpaired) electrons. The lowest BCUT2D eigenvalue weighted by molar-refractivity contribution is -0.139. The number of fused-ring (bicyclic) bond motifs is 1. The summed E-state index contributed by atoms with van der Waals surface area (Å²) in [6.45, 7) is 5.59. The zero-order chi connectivity index (χ0) is 17.7. The normalized spacial score (nSPS) is 9.91. The Morgan fingerprint density at radius 3 is 2.26 bits per heavy atom. The van der Waals surface area contributed by atoms with E-state index in [4.69, 9.17) is 0 Å². The Hall–Kier alpha value is -2.76. The first-order valence-corrected chi connectivity index (χ1v) is 7.13. The molecule has 0 aromatic heterocycles. The molecule has 3 N–H and O–H groups in total. The van der Waals surface area contributed by atoms with Gasteiger partial charge in [0.1, 0.15) is 23.7 Å². The minimum atomic E-state index is -0.714. The van der Waals surface area contributed by atoms with E-state index in [1.165, 1.54) is 6.07 Å². The summed E-state index contributed by atoms with van der Waals surface area (Å²) in [7, 11) is 1.16. The van der Waals surface area contributed by atoms with Crippen molar-refractivity contribution in [3.05, 3.63) is 29.3 Å². The van der Waals surface area contributed by atoms with Crippen LogP contribution in [0.2, 0.25) is 0 Å². The molecule has 0 unspecified atom stereocenters. The number of carbonyl (C=O) groups is 2. The number of methoxy groups -OCH3 is 1. The Morgan fingerprint density at radius 1 is 1.09 bits per heavy atom. The van der Waals surface area contributed by atoms with Crippen molar-refractivity contribution in [2.45, 2.75) is 27.2 Å². The topological polar surface area (TPSA) is 104 Å². The molecule has 124 valence electrons. The molecule has 0 aliphatic rings. The molecule has 0 atom stereocenters. The zero-order valence-electron chi connectivity index (χ0n) is 13.5. The third-order valence-electron chi connectivity index (χ3n) is 3.18. The Kier molecular flexibility index (Phi) is 5.95. The second-order valence-corrected chi connectivity index (χ2v) is 4.66. The summed E-state index contributed by atoms with van der Waals surface area (Å²) in [5.41, 5.74) is 0.382. The number of aryl methyl sites for hydroxylation is 1. The molecule has 2 rings (SSSR count). The van der Waals surface area contributed by atoms with Crippen LogP contribution in [0.25, 0.3) is 10.8 Å². The fourth-order valence-corrected chi connectivity index (χ4v) is 2.27. The van der Waals surface area contributed by atoms with Crippen LogP contribution in [-0.2, 0) is 9.53 Å². The van der Waals surface area contributed by atoms with Crippen molar-refractivity contribution < 1.29 is 29.6 Å². The van der Waals surface area contributed by atoms with Crippen LogP contribution in [0.5, 0.6) is 17.2 Å². The monoisotopic (exact) mass is 320 g/mol. The van der Waals surface area contributed by atoms with Crippen molar-refractivity contribution >= 4 is 22.5 Å². The van der Waals surface area contributed by atoms with E-state index in [0.717, 1.165) is 13.2 Å². The number of Topliss-reactive ketones (excluding diaryl/α,β-unsaturated/α-hetero) is 1. The maximum Gasteiger partial charge on any atom is 0.313 e. The maximum atomic E-state index is 12.1. The minimum absolute atomic E-state index is 0.0473. The second kappa shape index (κ2) is 7.49. The number of carbonyl (C=O) groups excluding carboxylic acids is 2. The lowest BCUT2D eigenvalue weighted by atomic mass is 9.95. The van der Waals surface area contributed by atoms with Gasteiger partial charge in [0.2, 0.25) is 0 Å². The molecule has 2 aromatic rings. The van der Waals surface area contributed by atoms with Gasteiger partial charge < -0.3 is 20.1 Å². The Bertz CT molecular complexity index is 749. The molecule has 0 amide bonds. The molecule has 0 heterocycles. The van der Waals surface area contributed by atoms with Crippen molar-refractivity contribution in [1.29, 1.82) is 0 Å². The van der Waals surface area contributed by atoms with E-state index in [2.05, 4.69) is 4.74 Å². The van der Waals surface area contributed by atoms with Gasteiger partial charge in [0, 0.05) is 6.07 Å². The van der Waals surface area contributed by atoms with Crippen LogP contribution in [-0.4, -0.2) is 34.2 Å². The van der Waals surface area contributed by atoms with Crippen molar-refractivity contribution in [3.63, 3.8) is 0 Å². The summed E-state index contributed by atoms with van der Waals surface area (Å²) < 4.78 is 4.43. The molecule has 0 aliphatic carbocycles. The first-order valence-electron chi connectivity index (χ1n) is 7.13. The Balaban J connectivity index is 0.00000127. The molecule has 0 saturated carbocycles. The summed E-state index contributed by atoms with van der Waals surface area (Å²) in [6.07, 6.45) is -0.505. The number of ether oxygens (including phenoxy) is 1. The summed E-state index contributed by atoms with van der Waals surface area (Å²) in [5.74, 6) is -2.25. The highest BCUT2D eigenvalue weighted by molar-refractivity contribution is 6.12. The number of benzene rings is 2. The molecule has 0 bridgehead atoms. The first kappa shape index (κ1) is 18.3. The number of rotatable bonds is 3. The van der Waals surface area contributed by atoms with Crippen LogP contribution in [0.15, 0.2) is 18.2 Å². The highest BCUT2D eigenvalue weighted by atomic mass is 16.5. The standard InChI is InChI=1S/C15H14O6.C2H6/c1-7-3-8-4-9(16)5-10(17)14(8)15(20)13(7)11(18)6-12(19)21-2;1-2/h3-5,16-17,20H,6H2,1-2H3;1-2H3. The fourth-order valence-electron chi connectivity index (χ4n) is 2.27. The first-order chi connectivity index (χ1) is 10.8. The van der Waals surface area contributed by atoms with Gasteiger partial charge in [0.15, 0.2) is 5.78 Å². The van der Waals surface area contributed by atoms with E-state index in [1.54, 1.807) is 13.0 Å². The van der Waals surface area contributed by atoms with Crippen molar-refractivity contribution in [2.75, 3.05) is 7.11 Å². The molecule has 0 spiro atoms. The van der Waals surface area contributed by atoms with Gasteiger partial charge in [-0.15, -0.1) is 0 Å². The number of hydrogen-bond donors (Lipinski definition) is 3. The second-order valence-electron chi connectivity index (χ2n) is 4.66. The third kappa shape index (κ3) is 3.71. The van der Waals surface area contributed by atoms with E-state index >= 15 is 0 Å². The molecule has 6 heteroatoms. The lowest BCUT2D eigenvalue weighted by Gasteiger charge is -2.12. The molecule has 6 nitrogen and oxygen atoms in total. The summed E-state index contributed by atoms with van der Waals surface area (Å²) in [4.78, 5) is 23.3. The van der Waals surface area contributed by atoms with Crippen LogP contribution in [0.3, 0.4) is 0 Å². The quantitative estimate of drug-likeness (QED) is 0.456. The number of hydrogen-bond acceptors (Lipinski definition) is 6. The zero-order valence-corrected chi connectivity index (χ0v) is 13.5. The Labute approximate surface area is 133 Å². The number of ketones is 1. The van der Waals surface area contributed by atoms with Crippen molar-refractivity contribution in [3.8, 4) is 17.2 Å².